The zero-order chi connectivity index (χ0) is 14.8. The third-order valence-corrected chi connectivity index (χ3v) is 2.89. The van der Waals surface area contributed by atoms with Crippen molar-refractivity contribution in [2.45, 2.75) is 19.3 Å². The van der Waals surface area contributed by atoms with Gasteiger partial charge in [0, 0.05) is 13.2 Å². The molecule has 4 nitrogen and oxygen atoms in total. The minimum absolute atomic E-state index is 0. The highest BCUT2D eigenvalue weighted by atomic mass is 127. The van der Waals surface area contributed by atoms with E-state index in [1.165, 1.54) is 6.42 Å². The van der Waals surface area contributed by atoms with E-state index >= 15 is 0 Å². The fourth-order valence-electron chi connectivity index (χ4n) is 1.47. The standard InChI is InChI=1S/C15H36N2O2.2HI/c1-16(2,3)10-14-18-12-8-7-9-13-19-15-11-17(4,5)6;;/h7-15H2,1-6H3;2*1H/q+2;;/p-2. The van der Waals surface area contributed by atoms with Gasteiger partial charge in [0.15, 0.2) is 0 Å². The molecule has 0 heterocycles. The molecule has 0 aromatic carbocycles. The van der Waals surface area contributed by atoms with Crippen LogP contribution in [-0.2, 0) is 9.47 Å². The van der Waals surface area contributed by atoms with Crippen LogP contribution in [0.4, 0.5) is 0 Å². The molecule has 0 atom stereocenters. The number of hydrogen-bond donors (Lipinski definition) is 0. The first-order valence-electron chi connectivity index (χ1n) is 7.47. The number of likely N-dealkylation sites (N-methyl/N-ethyl adjacent to an activating group) is 2. The molecule has 0 spiro atoms. The summed E-state index contributed by atoms with van der Waals surface area (Å²) in [5.41, 5.74) is 0. The van der Waals surface area contributed by atoms with Crippen LogP contribution < -0.4 is 48.0 Å². The summed E-state index contributed by atoms with van der Waals surface area (Å²) in [7, 11) is 13.1. The smallest absolute Gasteiger partial charge is 0.102 e. The summed E-state index contributed by atoms with van der Waals surface area (Å²) in [5, 5.41) is 0. The van der Waals surface area contributed by atoms with Gasteiger partial charge in [-0.05, 0) is 19.3 Å². The van der Waals surface area contributed by atoms with Crippen molar-refractivity contribution in [2.24, 2.45) is 0 Å². The molecule has 0 unspecified atom stereocenters. The molecule has 0 aromatic heterocycles. The molecule has 0 amide bonds. The first-order chi connectivity index (χ1) is 8.71. The van der Waals surface area contributed by atoms with Gasteiger partial charge < -0.3 is 66.4 Å². The van der Waals surface area contributed by atoms with Gasteiger partial charge in [-0.3, -0.25) is 0 Å². The van der Waals surface area contributed by atoms with Crippen molar-refractivity contribution < 1.29 is 66.4 Å². The highest BCUT2D eigenvalue weighted by molar-refractivity contribution is 4.41. The quantitative estimate of drug-likeness (QED) is 0.144. The summed E-state index contributed by atoms with van der Waals surface area (Å²) in [6.07, 6.45) is 3.50. The molecule has 132 valence electrons. The van der Waals surface area contributed by atoms with Crippen molar-refractivity contribution in [1.82, 2.24) is 0 Å². The van der Waals surface area contributed by atoms with E-state index in [1.807, 2.05) is 0 Å². The molecule has 0 N–H and O–H groups in total. The van der Waals surface area contributed by atoms with Crippen molar-refractivity contribution in [3.05, 3.63) is 0 Å². The molecule has 0 bridgehead atoms. The summed E-state index contributed by atoms with van der Waals surface area (Å²) in [4.78, 5) is 0. The van der Waals surface area contributed by atoms with Crippen LogP contribution in [-0.4, -0.2) is 90.8 Å². The van der Waals surface area contributed by atoms with Crippen molar-refractivity contribution >= 4 is 0 Å². The Morgan fingerprint density at radius 1 is 0.524 bits per heavy atom. The lowest BCUT2D eigenvalue weighted by molar-refractivity contribution is -0.870. The summed E-state index contributed by atoms with van der Waals surface area (Å²) in [6.45, 7) is 5.66. The predicted octanol–water partition coefficient (Wildman–Crippen LogP) is -4.39. The highest BCUT2D eigenvalue weighted by Crippen LogP contribution is 1.98. The number of quaternary nitrogens is 2. The number of halogens is 2. The second-order valence-corrected chi connectivity index (χ2v) is 7.31. The van der Waals surface area contributed by atoms with Crippen LogP contribution in [0.3, 0.4) is 0 Å². The van der Waals surface area contributed by atoms with Crippen molar-refractivity contribution in [2.75, 3.05) is 81.8 Å². The molecule has 0 saturated carbocycles. The lowest BCUT2D eigenvalue weighted by Crippen LogP contribution is -3.00. The van der Waals surface area contributed by atoms with E-state index in [1.54, 1.807) is 0 Å². The summed E-state index contributed by atoms with van der Waals surface area (Å²) in [5.74, 6) is 0. The Balaban J connectivity index is -0.00000162. The fourth-order valence-corrected chi connectivity index (χ4v) is 1.47. The monoisotopic (exact) mass is 530 g/mol. The first kappa shape index (κ1) is 27.2. The normalized spacial score (nSPS) is 11.7. The zero-order valence-corrected chi connectivity index (χ0v) is 19.1. The van der Waals surface area contributed by atoms with Gasteiger partial charge in [0.25, 0.3) is 0 Å². The van der Waals surface area contributed by atoms with Crippen LogP contribution in [0.15, 0.2) is 0 Å². The van der Waals surface area contributed by atoms with Gasteiger partial charge in [-0.25, -0.2) is 0 Å². The van der Waals surface area contributed by atoms with Crippen LogP contribution in [0.2, 0.25) is 0 Å². The van der Waals surface area contributed by atoms with Crippen LogP contribution in [0.1, 0.15) is 19.3 Å². The molecule has 6 heteroatoms. The van der Waals surface area contributed by atoms with E-state index in [0.717, 1.165) is 61.3 Å². The maximum atomic E-state index is 5.62. The van der Waals surface area contributed by atoms with Crippen LogP contribution >= 0.6 is 0 Å². The molecule has 0 aliphatic rings. The van der Waals surface area contributed by atoms with Crippen molar-refractivity contribution in [3.8, 4) is 0 Å². The molecule has 0 radical (unpaired) electrons. The molecule has 0 aromatic rings. The van der Waals surface area contributed by atoms with Gasteiger partial charge in [-0.1, -0.05) is 0 Å². The van der Waals surface area contributed by atoms with E-state index < -0.39 is 0 Å². The average molecular weight is 530 g/mol. The van der Waals surface area contributed by atoms with E-state index in [2.05, 4.69) is 42.3 Å². The summed E-state index contributed by atoms with van der Waals surface area (Å²) in [6, 6.07) is 0. The second kappa shape index (κ2) is 14.9. The van der Waals surface area contributed by atoms with E-state index in [9.17, 15) is 0 Å². The highest BCUT2D eigenvalue weighted by Gasteiger charge is 2.06. The Morgan fingerprint density at radius 3 is 1.14 bits per heavy atom. The van der Waals surface area contributed by atoms with Crippen molar-refractivity contribution in [3.63, 3.8) is 0 Å². The number of rotatable bonds is 12. The molecule has 21 heavy (non-hydrogen) atoms. The Morgan fingerprint density at radius 2 is 0.857 bits per heavy atom. The SMILES string of the molecule is C[N+](C)(C)CCOCCCCCOCC[N+](C)(C)C.[I-].[I-]. The van der Waals surface area contributed by atoms with E-state index in [-0.39, 0.29) is 48.0 Å². The largest absolute Gasteiger partial charge is 1.00 e. The predicted molar refractivity (Wildman–Crippen MR) is 81.3 cm³/mol. The third kappa shape index (κ3) is 26.5. The Labute approximate surface area is 166 Å². The third-order valence-electron chi connectivity index (χ3n) is 2.89. The summed E-state index contributed by atoms with van der Waals surface area (Å²) >= 11 is 0. The Bertz CT molecular complexity index is 195. The molecular formula is C15H36I2N2O2. The molecule has 0 saturated heterocycles. The van der Waals surface area contributed by atoms with Gasteiger partial charge in [-0.2, -0.15) is 0 Å². The van der Waals surface area contributed by atoms with Gasteiger partial charge in [0.05, 0.1) is 55.5 Å². The first-order valence-corrected chi connectivity index (χ1v) is 7.47. The van der Waals surface area contributed by atoms with E-state index in [4.69, 9.17) is 9.47 Å². The lowest BCUT2D eigenvalue weighted by Gasteiger charge is -2.23. The maximum absolute atomic E-state index is 5.62. The number of ether oxygens (including phenoxy) is 2. The zero-order valence-electron chi connectivity index (χ0n) is 14.8. The average Bonchev–Trinajstić information content (AvgIpc) is 2.22. The number of unbranched alkanes of at least 4 members (excludes halogenated alkanes) is 2. The Hall–Kier alpha value is 1.30. The van der Waals surface area contributed by atoms with Crippen molar-refractivity contribution in [1.29, 1.82) is 0 Å². The van der Waals surface area contributed by atoms with Gasteiger partial charge in [-0.15, -0.1) is 0 Å². The minimum Gasteiger partial charge on any atom is -1.00 e. The lowest BCUT2D eigenvalue weighted by atomic mass is 10.2. The van der Waals surface area contributed by atoms with Gasteiger partial charge in [0.1, 0.15) is 13.1 Å². The molecule has 0 aliphatic carbocycles. The van der Waals surface area contributed by atoms with Crippen LogP contribution in [0.5, 0.6) is 0 Å². The van der Waals surface area contributed by atoms with Crippen LogP contribution in [0, 0.1) is 0 Å². The van der Waals surface area contributed by atoms with Crippen LogP contribution in [0.25, 0.3) is 0 Å². The maximum Gasteiger partial charge on any atom is 0.102 e. The van der Waals surface area contributed by atoms with E-state index in [0.29, 0.717) is 0 Å². The minimum atomic E-state index is 0. The second-order valence-electron chi connectivity index (χ2n) is 7.31. The molecule has 0 rings (SSSR count). The fraction of sp³-hybridized carbons (Fsp3) is 1.00. The number of nitrogens with zero attached hydrogens (tertiary/aromatic N) is 2. The molecular weight excluding hydrogens is 494 g/mol. The molecule has 0 fully saturated rings. The molecule has 0 aliphatic heterocycles. The summed E-state index contributed by atoms with van der Waals surface area (Å²) < 4.78 is 13.2. The van der Waals surface area contributed by atoms with Gasteiger partial charge in [0.2, 0.25) is 0 Å². The topological polar surface area (TPSA) is 18.5 Å². The van der Waals surface area contributed by atoms with Gasteiger partial charge >= 0.3 is 0 Å². The Kier molecular flexibility index (Phi) is 19.2. The number of hydrogen-bond acceptors (Lipinski definition) is 2.